The summed E-state index contributed by atoms with van der Waals surface area (Å²) in [5, 5.41) is 3.16. The number of carbonyl (C=O) groups is 2. The molecule has 2 aliphatic rings. The van der Waals surface area contributed by atoms with E-state index in [4.69, 9.17) is 11.6 Å². The van der Waals surface area contributed by atoms with E-state index >= 15 is 0 Å². The van der Waals surface area contributed by atoms with Gasteiger partial charge >= 0.3 is 0 Å². The van der Waals surface area contributed by atoms with Crippen molar-refractivity contribution in [1.29, 1.82) is 0 Å². The molecule has 6 heteroatoms. The minimum Gasteiger partial charge on any atom is -0.322 e. The van der Waals surface area contributed by atoms with E-state index in [1.807, 2.05) is 36.9 Å². The van der Waals surface area contributed by atoms with E-state index in [1.165, 1.54) is 12.4 Å². The zero-order valence-corrected chi connectivity index (χ0v) is 14.8. The van der Waals surface area contributed by atoms with Gasteiger partial charge in [0.05, 0.1) is 21.7 Å². The number of nitrogens with zero attached hydrogens (tertiary/aromatic N) is 2. The molecule has 0 spiro atoms. The molecule has 1 fully saturated rings. The topological polar surface area (TPSA) is 62.3 Å². The molecule has 1 saturated carbocycles. The molecule has 1 aliphatic carbocycles. The van der Waals surface area contributed by atoms with Crippen LogP contribution in [0.2, 0.25) is 5.02 Å². The van der Waals surface area contributed by atoms with E-state index < -0.39 is 5.41 Å². The molecular formula is C19H18ClN3O2. The largest absolute Gasteiger partial charge is 0.322 e. The average molecular weight is 356 g/mol. The van der Waals surface area contributed by atoms with Crippen molar-refractivity contribution in [2.45, 2.75) is 38.1 Å². The van der Waals surface area contributed by atoms with E-state index in [1.54, 1.807) is 6.07 Å². The summed E-state index contributed by atoms with van der Waals surface area (Å²) < 4.78 is 0. The molecule has 1 aromatic carbocycles. The Morgan fingerprint density at radius 3 is 2.76 bits per heavy atom. The Kier molecular flexibility index (Phi) is 3.58. The number of fused-ring (bicyclic) bond motifs is 1. The number of aromatic nitrogens is 1. The first kappa shape index (κ1) is 16.1. The predicted molar refractivity (Wildman–Crippen MR) is 97.2 cm³/mol. The second-order valence-corrected chi connectivity index (χ2v) is 7.48. The van der Waals surface area contributed by atoms with Crippen molar-refractivity contribution in [3.63, 3.8) is 0 Å². The van der Waals surface area contributed by atoms with Crippen molar-refractivity contribution in [1.82, 2.24) is 4.98 Å². The van der Waals surface area contributed by atoms with E-state index in [2.05, 4.69) is 10.3 Å². The van der Waals surface area contributed by atoms with Crippen molar-refractivity contribution in [3.05, 3.63) is 52.8 Å². The molecule has 128 valence electrons. The Bertz CT molecular complexity index is 890. The molecule has 0 unspecified atom stereocenters. The van der Waals surface area contributed by atoms with Crippen molar-refractivity contribution >= 4 is 34.8 Å². The number of benzene rings is 1. The standard InChI is InChI=1S/C19H18ClN3O2/c1-19(2)14-6-3-11(9-16(14)23(18(19)25)12-4-5-12)22-17(24)13-7-8-21-10-15(13)20/h3,6-10,12H,4-5H2,1-2H3,(H,22,24). The lowest BCUT2D eigenvalue weighted by molar-refractivity contribution is -0.122. The molecular weight excluding hydrogens is 338 g/mol. The quantitative estimate of drug-likeness (QED) is 0.911. The number of hydrogen-bond donors (Lipinski definition) is 1. The van der Waals surface area contributed by atoms with Crippen LogP contribution in [0.4, 0.5) is 11.4 Å². The highest BCUT2D eigenvalue weighted by Crippen LogP contribution is 2.47. The number of amides is 2. The maximum Gasteiger partial charge on any atom is 0.257 e. The minimum atomic E-state index is -0.533. The highest BCUT2D eigenvalue weighted by Gasteiger charge is 2.48. The lowest BCUT2D eigenvalue weighted by Crippen LogP contribution is -2.37. The third-order valence-electron chi connectivity index (χ3n) is 4.87. The van der Waals surface area contributed by atoms with E-state index in [-0.39, 0.29) is 17.9 Å². The van der Waals surface area contributed by atoms with Crippen molar-refractivity contribution in [3.8, 4) is 0 Å². The number of halogens is 1. The molecule has 0 bridgehead atoms. The molecule has 0 saturated heterocycles. The highest BCUT2D eigenvalue weighted by atomic mass is 35.5. The second-order valence-electron chi connectivity index (χ2n) is 7.07. The van der Waals surface area contributed by atoms with E-state index in [0.717, 1.165) is 24.1 Å². The molecule has 1 aliphatic heterocycles. The van der Waals surface area contributed by atoms with E-state index in [0.29, 0.717) is 16.3 Å². The molecule has 5 nitrogen and oxygen atoms in total. The van der Waals surface area contributed by atoms with Crippen LogP contribution in [0.3, 0.4) is 0 Å². The smallest absolute Gasteiger partial charge is 0.257 e. The van der Waals surface area contributed by atoms with Crippen LogP contribution >= 0.6 is 11.6 Å². The van der Waals surface area contributed by atoms with Crippen LogP contribution in [-0.4, -0.2) is 22.8 Å². The summed E-state index contributed by atoms with van der Waals surface area (Å²) in [6.45, 7) is 3.90. The Balaban J connectivity index is 1.67. The predicted octanol–water partition coefficient (Wildman–Crippen LogP) is 3.77. The van der Waals surface area contributed by atoms with Gasteiger partial charge in [0, 0.05) is 24.1 Å². The van der Waals surface area contributed by atoms with Crippen LogP contribution in [0.25, 0.3) is 0 Å². The second kappa shape index (κ2) is 5.56. The van der Waals surface area contributed by atoms with Crippen LogP contribution in [-0.2, 0) is 10.2 Å². The van der Waals surface area contributed by atoms with Gasteiger partial charge in [0.1, 0.15) is 0 Å². The van der Waals surface area contributed by atoms with Gasteiger partial charge in [-0.05, 0) is 50.5 Å². The summed E-state index contributed by atoms with van der Waals surface area (Å²) in [6.07, 6.45) is 5.03. The van der Waals surface area contributed by atoms with Gasteiger partial charge < -0.3 is 10.2 Å². The maximum atomic E-state index is 12.8. The van der Waals surface area contributed by atoms with Gasteiger partial charge in [-0.3, -0.25) is 14.6 Å². The molecule has 4 rings (SSSR count). The fourth-order valence-corrected chi connectivity index (χ4v) is 3.52. The minimum absolute atomic E-state index is 0.130. The summed E-state index contributed by atoms with van der Waals surface area (Å²) in [5.74, 6) is -0.167. The van der Waals surface area contributed by atoms with Gasteiger partial charge in [-0.1, -0.05) is 17.7 Å². The van der Waals surface area contributed by atoms with Gasteiger partial charge in [-0.25, -0.2) is 0 Å². The first-order valence-corrected chi connectivity index (χ1v) is 8.66. The van der Waals surface area contributed by atoms with Gasteiger partial charge in [0.2, 0.25) is 5.91 Å². The Hall–Kier alpha value is -2.40. The van der Waals surface area contributed by atoms with Crippen molar-refractivity contribution in [2.75, 3.05) is 10.2 Å². The number of anilines is 2. The summed E-state index contributed by atoms with van der Waals surface area (Å²) in [6, 6.07) is 7.51. The van der Waals surface area contributed by atoms with Crippen LogP contribution < -0.4 is 10.2 Å². The third kappa shape index (κ3) is 2.59. The molecule has 1 aromatic heterocycles. The SMILES string of the molecule is CC1(C)C(=O)N(C2CC2)c2cc(NC(=O)c3ccncc3Cl)ccc21. The molecule has 2 amide bonds. The zero-order valence-electron chi connectivity index (χ0n) is 14.0. The molecule has 1 N–H and O–H groups in total. The van der Waals surface area contributed by atoms with Crippen molar-refractivity contribution < 1.29 is 9.59 Å². The lowest BCUT2D eigenvalue weighted by Gasteiger charge is -2.19. The first-order chi connectivity index (χ1) is 11.9. The van der Waals surface area contributed by atoms with Crippen LogP contribution in [0.1, 0.15) is 42.6 Å². The van der Waals surface area contributed by atoms with E-state index in [9.17, 15) is 9.59 Å². The highest BCUT2D eigenvalue weighted by molar-refractivity contribution is 6.34. The van der Waals surface area contributed by atoms with Gasteiger partial charge in [-0.2, -0.15) is 0 Å². The normalized spacial score (nSPS) is 18.2. The lowest BCUT2D eigenvalue weighted by atomic mass is 9.86. The first-order valence-electron chi connectivity index (χ1n) is 8.28. The van der Waals surface area contributed by atoms with Crippen LogP contribution in [0.5, 0.6) is 0 Å². The molecule has 2 heterocycles. The summed E-state index contributed by atoms with van der Waals surface area (Å²) in [4.78, 5) is 31.0. The molecule has 25 heavy (non-hydrogen) atoms. The van der Waals surface area contributed by atoms with Gasteiger partial charge in [0.15, 0.2) is 0 Å². The van der Waals surface area contributed by atoms with Crippen LogP contribution in [0, 0.1) is 0 Å². The fraction of sp³-hybridized carbons (Fsp3) is 0.316. The van der Waals surface area contributed by atoms with Gasteiger partial charge in [0.25, 0.3) is 5.91 Å². The van der Waals surface area contributed by atoms with Crippen LogP contribution in [0.15, 0.2) is 36.7 Å². The third-order valence-corrected chi connectivity index (χ3v) is 5.17. The fourth-order valence-electron chi connectivity index (χ4n) is 3.32. The number of pyridine rings is 1. The summed E-state index contributed by atoms with van der Waals surface area (Å²) >= 11 is 6.03. The van der Waals surface area contributed by atoms with Crippen molar-refractivity contribution in [2.24, 2.45) is 0 Å². The summed E-state index contributed by atoms with van der Waals surface area (Å²) in [5.41, 5.74) is 2.38. The Morgan fingerprint density at radius 1 is 1.32 bits per heavy atom. The molecule has 0 radical (unpaired) electrons. The Morgan fingerprint density at radius 2 is 2.08 bits per heavy atom. The summed E-state index contributed by atoms with van der Waals surface area (Å²) in [7, 11) is 0. The number of carbonyl (C=O) groups excluding carboxylic acids is 2. The van der Waals surface area contributed by atoms with Gasteiger partial charge in [-0.15, -0.1) is 0 Å². The number of rotatable bonds is 3. The monoisotopic (exact) mass is 355 g/mol. The number of nitrogens with one attached hydrogen (secondary N) is 1. The average Bonchev–Trinajstić information content (AvgIpc) is 3.37. The number of hydrogen-bond acceptors (Lipinski definition) is 3. The molecule has 2 aromatic rings. The molecule has 0 atom stereocenters. The maximum absolute atomic E-state index is 12.8. The Labute approximate surface area is 151 Å². The zero-order chi connectivity index (χ0) is 17.8.